The molecule has 4 nitrogen and oxygen atoms in total. The van der Waals surface area contributed by atoms with Crippen LogP contribution in [-0.2, 0) is 11.3 Å². The summed E-state index contributed by atoms with van der Waals surface area (Å²) in [6.45, 7) is 17.0. The van der Waals surface area contributed by atoms with E-state index in [0.29, 0.717) is 24.8 Å². The summed E-state index contributed by atoms with van der Waals surface area (Å²) in [7, 11) is 0. The standard InChI is InChI=1S/C16H23N3O.C13H18/c1-11(2)16(4)9-14(20)19(15(17)18-16)10-13-7-5-6-12(3)8-13;1-4-12(10-11(2)3)13-8-6-5-7-9-13/h5-8,11H,9-10H2,1-4H3,(H2,17,18);5-9,12H,2,4,10H2,1,3H3/t16-;/m0./s1. The summed E-state index contributed by atoms with van der Waals surface area (Å²) in [4.78, 5) is 18.5. The topological polar surface area (TPSA) is 58.7 Å². The van der Waals surface area contributed by atoms with Crippen molar-refractivity contribution in [1.82, 2.24) is 4.90 Å². The van der Waals surface area contributed by atoms with Crippen LogP contribution in [0.25, 0.3) is 0 Å². The molecule has 0 bridgehead atoms. The molecule has 1 aliphatic rings. The number of carbonyl (C=O) groups is 1. The summed E-state index contributed by atoms with van der Waals surface area (Å²) in [5.74, 6) is 1.32. The third kappa shape index (κ3) is 7.59. The summed E-state index contributed by atoms with van der Waals surface area (Å²) in [6.07, 6.45) is 2.72. The highest BCUT2D eigenvalue weighted by atomic mass is 16.2. The fourth-order valence-electron chi connectivity index (χ4n) is 4.03. The molecule has 0 saturated heterocycles. The molecule has 33 heavy (non-hydrogen) atoms. The van der Waals surface area contributed by atoms with E-state index in [0.717, 1.165) is 12.0 Å². The van der Waals surface area contributed by atoms with Crippen molar-refractivity contribution < 1.29 is 4.79 Å². The molecule has 2 N–H and O–H groups in total. The third-order valence-electron chi connectivity index (χ3n) is 6.48. The smallest absolute Gasteiger partial charge is 0.232 e. The number of hydrogen-bond donors (Lipinski definition) is 1. The minimum atomic E-state index is -0.385. The predicted octanol–water partition coefficient (Wildman–Crippen LogP) is 6.60. The fraction of sp³-hybridized carbons (Fsp3) is 0.448. The van der Waals surface area contributed by atoms with Crippen LogP contribution in [0.15, 0.2) is 71.7 Å². The number of benzene rings is 2. The van der Waals surface area contributed by atoms with Crippen LogP contribution in [0, 0.1) is 12.8 Å². The maximum atomic E-state index is 12.4. The highest BCUT2D eigenvalue weighted by Gasteiger charge is 2.38. The number of nitrogens with zero attached hydrogens (tertiary/aromatic N) is 2. The van der Waals surface area contributed by atoms with Crippen LogP contribution in [0.2, 0.25) is 0 Å². The molecule has 3 rings (SSSR count). The highest BCUT2D eigenvalue weighted by Crippen LogP contribution is 2.30. The molecule has 178 valence electrons. The zero-order chi connectivity index (χ0) is 24.6. The van der Waals surface area contributed by atoms with Crippen molar-refractivity contribution in [2.75, 3.05) is 0 Å². The lowest BCUT2D eigenvalue weighted by molar-refractivity contribution is -0.130. The second-order valence-corrected chi connectivity index (χ2v) is 9.80. The van der Waals surface area contributed by atoms with E-state index in [9.17, 15) is 4.79 Å². The number of amides is 1. The summed E-state index contributed by atoms with van der Waals surface area (Å²) >= 11 is 0. The number of hydrogen-bond acceptors (Lipinski definition) is 3. The minimum absolute atomic E-state index is 0.0511. The second kappa shape index (κ2) is 11.8. The molecule has 0 fully saturated rings. The maximum Gasteiger partial charge on any atom is 0.232 e. The SMILES string of the molecule is C=C(C)CC(CC)c1ccccc1.Cc1cccc(CN2C(=O)C[C@@](C)(C(C)C)N=C2N)c1. The molecule has 0 spiro atoms. The van der Waals surface area contributed by atoms with Gasteiger partial charge in [-0.15, -0.1) is 6.58 Å². The van der Waals surface area contributed by atoms with Crippen molar-refractivity contribution in [2.45, 2.75) is 78.8 Å². The van der Waals surface area contributed by atoms with Crippen molar-refractivity contribution in [3.8, 4) is 0 Å². The number of nitrogens with two attached hydrogens (primary N) is 1. The Morgan fingerprint density at radius 1 is 1.18 bits per heavy atom. The first-order valence-electron chi connectivity index (χ1n) is 12.0. The molecule has 1 heterocycles. The van der Waals surface area contributed by atoms with Crippen molar-refractivity contribution in [1.29, 1.82) is 0 Å². The van der Waals surface area contributed by atoms with E-state index in [2.05, 4.69) is 75.7 Å². The number of guanidine groups is 1. The van der Waals surface area contributed by atoms with Crippen molar-refractivity contribution >= 4 is 11.9 Å². The molecular weight excluding hydrogens is 406 g/mol. The van der Waals surface area contributed by atoms with E-state index < -0.39 is 0 Å². The van der Waals surface area contributed by atoms with Gasteiger partial charge in [-0.1, -0.05) is 86.5 Å². The van der Waals surface area contributed by atoms with Gasteiger partial charge in [0.05, 0.1) is 18.5 Å². The Kier molecular flexibility index (Phi) is 9.45. The van der Waals surface area contributed by atoms with Crippen molar-refractivity contribution in [3.63, 3.8) is 0 Å². The molecule has 0 radical (unpaired) electrons. The van der Waals surface area contributed by atoms with Gasteiger partial charge in [0, 0.05) is 0 Å². The number of rotatable bonds is 7. The first-order chi connectivity index (χ1) is 15.6. The zero-order valence-electron chi connectivity index (χ0n) is 21.3. The molecule has 0 saturated carbocycles. The molecule has 2 aromatic carbocycles. The van der Waals surface area contributed by atoms with Crippen LogP contribution in [-0.4, -0.2) is 22.3 Å². The van der Waals surface area contributed by atoms with Gasteiger partial charge in [-0.05, 0) is 56.6 Å². The number of carbonyl (C=O) groups excluding carboxylic acids is 1. The lowest BCUT2D eigenvalue weighted by atomic mass is 9.84. The van der Waals surface area contributed by atoms with Gasteiger partial charge in [0.25, 0.3) is 0 Å². The van der Waals surface area contributed by atoms with Gasteiger partial charge in [0.2, 0.25) is 5.91 Å². The highest BCUT2D eigenvalue weighted by molar-refractivity contribution is 5.99. The number of aryl methyl sites for hydroxylation is 1. The van der Waals surface area contributed by atoms with Gasteiger partial charge in [0.1, 0.15) is 0 Å². The van der Waals surface area contributed by atoms with Crippen LogP contribution < -0.4 is 5.73 Å². The van der Waals surface area contributed by atoms with E-state index in [1.807, 2.05) is 32.0 Å². The Morgan fingerprint density at radius 3 is 2.36 bits per heavy atom. The Hall–Kier alpha value is -2.88. The van der Waals surface area contributed by atoms with Crippen LogP contribution >= 0.6 is 0 Å². The normalized spacial score (nSPS) is 18.9. The average molecular weight is 448 g/mol. The Balaban J connectivity index is 0.000000257. The van der Waals surface area contributed by atoms with Gasteiger partial charge in [-0.3, -0.25) is 9.69 Å². The van der Waals surface area contributed by atoms with E-state index in [1.54, 1.807) is 4.90 Å². The first-order valence-corrected chi connectivity index (χ1v) is 12.0. The molecular formula is C29H41N3O. The molecule has 0 aromatic heterocycles. The Labute approximate surface area is 200 Å². The van der Waals surface area contributed by atoms with Crippen LogP contribution in [0.4, 0.5) is 0 Å². The van der Waals surface area contributed by atoms with Crippen LogP contribution in [0.3, 0.4) is 0 Å². The van der Waals surface area contributed by atoms with Gasteiger partial charge < -0.3 is 5.73 Å². The lowest BCUT2D eigenvalue weighted by Crippen LogP contribution is -2.51. The van der Waals surface area contributed by atoms with E-state index in [-0.39, 0.29) is 17.4 Å². The zero-order valence-corrected chi connectivity index (χ0v) is 21.3. The first kappa shape index (κ1) is 26.4. The van der Waals surface area contributed by atoms with E-state index in [1.165, 1.54) is 23.1 Å². The lowest BCUT2D eigenvalue weighted by Gasteiger charge is -2.37. The molecule has 0 aliphatic carbocycles. The minimum Gasteiger partial charge on any atom is -0.369 e. The van der Waals surface area contributed by atoms with Gasteiger partial charge in [0.15, 0.2) is 5.96 Å². The van der Waals surface area contributed by atoms with Crippen LogP contribution in [0.1, 0.15) is 76.5 Å². The predicted molar refractivity (Wildman–Crippen MR) is 140 cm³/mol. The largest absolute Gasteiger partial charge is 0.369 e. The van der Waals surface area contributed by atoms with Gasteiger partial charge in [-0.25, -0.2) is 4.99 Å². The second-order valence-electron chi connectivity index (χ2n) is 9.80. The molecule has 4 heteroatoms. The summed E-state index contributed by atoms with van der Waals surface area (Å²) < 4.78 is 0. The molecule has 2 aromatic rings. The Bertz CT molecular complexity index is 964. The summed E-state index contributed by atoms with van der Waals surface area (Å²) in [5, 5.41) is 0. The summed E-state index contributed by atoms with van der Waals surface area (Å²) in [5.41, 5.74) is 10.6. The van der Waals surface area contributed by atoms with E-state index in [4.69, 9.17) is 5.73 Å². The quantitative estimate of drug-likeness (QED) is 0.486. The number of aliphatic imine (C=N–C) groups is 1. The van der Waals surface area contributed by atoms with Gasteiger partial charge >= 0.3 is 0 Å². The fourth-order valence-corrected chi connectivity index (χ4v) is 4.03. The molecule has 1 amide bonds. The Morgan fingerprint density at radius 2 is 1.85 bits per heavy atom. The van der Waals surface area contributed by atoms with Crippen LogP contribution in [0.5, 0.6) is 0 Å². The molecule has 1 unspecified atom stereocenters. The maximum absolute atomic E-state index is 12.4. The van der Waals surface area contributed by atoms with Gasteiger partial charge in [-0.2, -0.15) is 0 Å². The third-order valence-corrected chi connectivity index (χ3v) is 6.48. The molecule has 2 atom stereocenters. The molecule has 1 aliphatic heterocycles. The monoisotopic (exact) mass is 447 g/mol. The summed E-state index contributed by atoms with van der Waals surface area (Å²) in [6, 6.07) is 18.8. The number of allylic oxidation sites excluding steroid dienone is 1. The van der Waals surface area contributed by atoms with Crippen molar-refractivity contribution in [3.05, 3.63) is 83.4 Å². The van der Waals surface area contributed by atoms with E-state index >= 15 is 0 Å². The average Bonchev–Trinajstić information content (AvgIpc) is 2.75. The van der Waals surface area contributed by atoms with Crippen molar-refractivity contribution in [2.24, 2.45) is 16.6 Å².